The number of aromatic nitrogens is 6. The van der Waals surface area contributed by atoms with Crippen molar-refractivity contribution in [3.63, 3.8) is 0 Å². The van der Waals surface area contributed by atoms with Crippen LogP contribution < -0.4 is 5.10 Å². The SMILES string of the molecule is Fc1c[c-]c(-c2ccccn2)c(F)c1.[Ir+3].[c-]1cccnc1-c1nnn[n-]1. The van der Waals surface area contributed by atoms with Crippen molar-refractivity contribution in [1.29, 1.82) is 0 Å². The van der Waals surface area contributed by atoms with Crippen LogP contribution in [-0.4, -0.2) is 25.5 Å². The summed E-state index contributed by atoms with van der Waals surface area (Å²) >= 11 is 0. The van der Waals surface area contributed by atoms with E-state index in [0.29, 0.717) is 17.2 Å². The van der Waals surface area contributed by atoms with Crippen molar-refractivity contribution in [2.24, 2.45) is 0 Å². The van der Waals surface area contributed by atoms with Gasteiger partial charge in [-0.3, -0.25) is 19.0 Å². The summed E-state index contributed by atoms with van der Waals surface area (Å²) in [4.78, 5) is 7.91. The van der Waals surface area contributed by atoms with Crippen LogP contribution in [-0.2, 0) is 20.1 Å². The van der Waals surface area contributed by atoms with E-state index in [-0.39, 0.29) is 25.7 Å². The summed E-state index contributed by atoms with van der Waals surface area (Å²) in [5.41, 5.74) is 1.20. The molecule has 0 bridgehead atoms. The van der Waals surface area contributed by atoms with Gasteiger partial charge >= 0.3 is 20.1 Å². The minimum atomic E-state index is -0.649. The van der Waals surface area contributed by atoms with Crippen molar-refractivity contribution < 1.29 is 28.9 Å². The fourth-order valence-electron chi connectivity index (χ4n) is 1.84. The van der Waals surface area contributed by atoms with Crippen LogP contribution in [0.25, 0.3) is 22.8 Å². The molecule has 0 aliphatic rings. The molecule has 0 N–H and O–H groups in total. The normalized spacial score (nSPS) is 9.62. The third-order valence-corrected chi connectivity index (χ3v) is 2.92. The second-order valence-electron chi connectivity index (χ2n) is 4.59. The molecule has 0 amide bonds. The Labute approximate surface area is 161 Å². The first-order valence-electron chi connectivity index (χ1n) is 7.04. The van der Waals surface area contributed by atoms with Gasteiger partial charge in [-0.2, -0.15) is 12.1 Å². The van der Waals surface area contributed by atoms with Crippen molar-refractivity contribution in [3.05, 3.63) is 78.6 Å². The number of benzene rings is 1. The molecular weight excluding hydrogens is 518 g/mol. The molecule has 0 aliphatic heterocycles. The summed E-state index contributed by atoms with van der Waals surface area (Å²) in [5, 5.41) is 13.9. The van der Waals surface area contributed by atoms with Gasteiger partial charge in [-0.1, -0.05) is 23.8 Å². The van der Waals surface area contributed by atoms with Crippen LogP contribution in [0.15, 0.2) is 54.9 Å². The maximum atomic E-state index is 13.2. The van der Waals surface area contributed by atoms with Crippen molar-refractivity contribution in [1.82, 2.24) is 30.6 Å². The Morgan fingerprint density at radius 1 is 1.00 bits per heavy atom. The monoisotopic (exact) mass is 528 g/mol. The van der Waals surface area contributed by atoms with Gasteiger partial charge in [0.1, 0.15) is 0 Å². The van der Waals surface area contributed by atoms with Crippen LogP contribution >= 0.6 is 0 Å². The van der Waals surface area contributed by atoms with Crippen LogP contribution in [0.4, 0.5) is 8.78 Å². The molecule has 4 aromatic rings. The zero-order valence-corrected chi connectivity index (χ0v) is 15.4. The van der Waals surface area contributed by atoms with Crippen molar-refractivity contribution >= 4 is 0 Å². The molecule has 0 spiro atoms. The van der Waals surface area contributed by atoms with E-state index >= 15 is 0 Å². The van der Waals surface area contributed by atoms with Crippen LogP contribution in [0.2, 0.25) is 0 Å². The number of halogens is 2. The third-order valence-electron chi connectivity index (χ3n) is 2.92. The van der Waals surface area contributed by atoms with E-state index in [0.717, 1.165) is 12.1 Å². The van der Waals surface area contributed by atoms with E-state index in [1.807, 2.05) is 0 Å². The zero-order valence-electron chi connectivity index (χ0n) is 13.0. The summed E-state index contributed by atoms with van der Waals surface area (Å²) < 4.78 is 25.8. The maximum Gasteiger partial charge on any atom is 3.00 e. The van der Waals surface area contributed by atoms with Crippen LogP contribution in [0.1, 0.15) is 0 Å². The summed E-state index contributed by atoms with van der Waals surface area (Å²) in [6, 6.07) is 15.9. The summed E-state index contributed by atoms with van der Waals surface area (Å²) in [7, 11) is 0. The van der Waals surface area contributed by atoms with E-state index in [9.17, 15) is 8.78 Å². The Hall–Kier alpha value is -2.90. The van der Waals surface area contributed by atoms with E-state index in [1.54, 1.807) is 42.7 Å². The molecule has 9 heteroatoms. The predicted octanol–water partition coefficient (Wildman–Crippen LogP) is 2.52. The number of hydrogen-bond donors (Lipinski definition) is 0. The van der Waals surface area contributed by atoms with Crippen molar-refractivity contribution in [2.75, 3.05) is 0 Å². The quantitative estimate of drug-likeness (QED) is 0.373. The first-order valence-corrected chi connectivity index (χ1v) is 7.04. The van der Waals surface area contributed by atoms with Gasteiger partial charge in [0, 0.05) is 17.8 Å². The fraction of sp³-hybridized carbons (Fsp3) is 0. The van der Waals surface area contributed by atoms with Gasteiger partial charge in [0.25, 0.3) is 0 Å². The predicted molar refractivity (Wildman–Crippen MR) is 83.6 cm³/mol. The number of rotatable bonds is 2. The molecule has 4 rings (SSSR count). The van der Waals surface area contributed by atoms with Crippen molar-refractivity contribution in [3.8, 4) is 22.8 Å². The molecule has 3 aromatic heterocycles. The molecule has 1 aromatic carbocycles. The molecule has 0 aliphatic carbocycles. The second-order valence-corrected chi connectivity index (χ2v) is 4.59. The largest absolute Gasteiger partial charge is 3.00 e. The Balaban J connectivity index is 0.000000184. The molecule has 0 radical (unpaired) electrons. The molecule has 0 fully saturated rings. The molecule has 26 heavy (non-hydrogen) atoms. The number of tetrazole rings is 1. The number of pyridine rings is 2. The van der Waals surface area contributed by atoms with E-state index in [1.165, 1.54) is 0 Å². The molecule has 6 nitrogen and oxygen atoms in total. The first-order chi connectivity index (χ1) is 12.2. The van der Waals surface area contributed by atoms with Gasteiger partial charge in [0.15, 0.2) is 0 Å². The standard InChI is InChI=1S/C11H6F2N.C6H3N5.Ir/c12-8-4-5-9(10(13)7-8)11-3-1-2-6-14-11;1-2-4-7-5(3-1)6-8-10-11-9-6;/h1-4,6-7H;1-2,4H;/q-1;-2;+3. The van der Waals surface area contributed by atoms with Gasteiger partial charge in [0.2, 0.25) is 0 Å². The summed E-state index contributed by atoms with van der Waals surface area (Å²) in [6.07, 6.45) is 3.19. The molecule has 0 saturated carbocycles. The second kappa shape index (κ2) is 9.55. The molecule has 0 unspecified atom stereocenters. The van der Waals surface area contributed by atoms with Crippen LogP contribution in [0.5, 0.6) is 0 Å². The smallest absolute Gasteiger partial charge is 0.396 e. The van der Waals surface area contributed by atoms with Crippen LogP contribution in [0.3, 0.4) is 0 Å². The third kappa shape index (κ3) is 5.05. The van der Waals surface area contributed by atoms with Crippen molar-refractivity contribution in [2.45, 2.75) is 0 Å². The van der Waals surface area contributed by atoms with E-state index < -0.39 is 11.6 Å². The molecule has 130 valence electrons. The maximum absolute atomic E-state index is 13.2. The Morgan fingerprint density at radius 2 is 1.85 bits per heavy atom. The van der Waals surface area contributed by atoms with Crippen LogP contribution in [0, 0.1) is 23.8 Å². The molecule has 0 saturated heterocycles. The van der Waals surface area contributed by atoms with E-state index in [2.05, 4.69) is 42.7 Å². The zero-order chi connectivity index (χ0) is 17.5. The van der Waals surface area contributed by atoms with Gasteiger partial charge in [0.05, 0.1) is 0 Å². The number of hydrogen-bond acceptors (Lipinski definition) is 5. The van der Waals surface area contributed by atoms with E-state index in [4.69, 9.17) is 0 Å². The average molecular weight is 528 g/mol. The first kappa shape index (κ1) is 19.4. The van der Waals surface area contributed by atoms with Gasteiger partial charge in [-0.25, -0.2) is 5.21 Å². The molecule has 3 heterocycles. The Kier molecular flexibility index (Phi) is 7.13. The fourth-order valence-corrected chi connectivity index (χ4v) is 1.84. The molecular formula is C17H9F2IrN6. The van der Waals surface area contributed by atoms with Gasteiger partial charge in [-0.05, 0) is 29.5 Å². The Morgan fingerprint density at radius 3 is 2.46 bits per heavy atom. The summed E-state index contributed by atoms with van der Waals surface area (Å²) in [6.45, 7) is 0. The summed E-state index contributed by atoms with van der Waals surface area (Å²) in [5.74, 6) is -0.878. The topological polar surface area (TPSA) is 78.6 Å². The minimum absolute atomic E-state index is 0. The van der Waals surface area contributed by atoms with Gasteiger partial charge < -0.3 is 15.2 Å². The molecule has 0 atom stereocenters. The van der Waals surface area contributed by atoms with Gasteiger partial charge in [-0.15, -0.1) is 18.2 Å². The average Bonchev–Trinajstić information content (AvgIpc) is 3.19. The Bertz CT molecular complexity index is 921. The minimum Gasteiger partial charge on any atom is -0.396 e. The number of nitrogens with zero attached hydrogens (tertiary/aromatic N) is 6.